The molecule has 4 nitrogen and oxygen atoms in total. The highest BCUT2D eigenvalue weighted by Crippen LogP contribution is 2.04. The van der Waals surface area contributed by atoms with Gasteiger partial charge in [0.25, 0.3) is 0 Å². The normalized spacial score (nSPS) is 12.8. The lowest BCUT2D eigenvalue weighted by Gasteiger charge is -2.18. The molecule has 0 rings (SSSR count). The van der Waals surface area contributed by atoms with E-state index in [1.165, 1.54) is 4.31 Å². The Morgan fingerprint density at radius 2 is 1.92 bits per heavy atom. The van der Waals surface area contributed by atoms with Crippen LogP contribution in [0.4, 0.5) is 0 Å². The molecule has 0 spiro atoms. The van der Waals surface area contributed by atoms with E-state index in [0.717, 1.165) is 0 Å². The van der Waals surface area contributed by atoms with Gasteiger partial charge < -0.3 is 5.11 Å². The Balaban J connectivity index is 4.12. The summed E-state index contributed by atoms with van der Waals surface area (Å²) in [6, 6.07) is 0. The zero-order valence-corrected chi connectivity index (χ0v) is 9.34. The van der Waals surface area contributed by atoms with E-state index in [-0.39, 0.29) is 12.4 Å². The van der Waals surface area contributed by atoms with Crippen molar-refractivity contribution in [3.63, 3.8) is 0 Å². The summed E-state index contributed by atoms with van der Waals surface area (Å²) in [6.45, 7) is 4.40. The monoisotopic (exact) mass is 209 g/mol. The molecule has 0 aromatic carbocycles. The molecular weight excluding hydrogens is 190 g/mol. The van der Waals surface area contributed by atoms with E-state index in [1.807, 2.05) is 13.8 Å². The Morgan fingerprint density at radius 3 is 2.31 bits per heavy atom. The van der Waals surface area contributed by atoms with E-state index < -0.39 is 10.0 Å². The SMILES string of the molecule is CC(C)CN(C)S(=O)(=O)CCCO. The molecule has 0 unspecified atom stereocenters. The van der Waals surface area contributed by atoms with Gasteiger partial charge in [0.2, 0.25) is 10.0 Å². The minimum atomic E-state index is -3.14. The number of sulfonamides is 1. The molecule has 0 aromatic rings. The van der Waals surface area contributed by atoms with Crippen LogP contribution >= 0.6 is 0 Å². The lowest BCUT2D eigenvalue weighted by atomic mass is 10.2. The molecule has 0 aliphatic heterocycles. The molecular formula is C8H19NO3S. The second kappa shape index (κ2) is 5.57. The number of hydrogen-bond acceptors (Lipinski definition) is 3. The highest BCUT2D eigenvalue weighted by atomic mass is 32.2. The van der Waals surface area contributed by atoms with E-state index in [4.69, 9.17) is 5.11 Å². The maximum absolute atomic E-state index is 11.4. The molecule has 0 amide bonds. The predicted octanol–water partition coefficient (Wildman–Crippen LogP) is 0.286. The summed E-state index contributed by atoms with van der Waals surface area (Å²) in [4.78, 5) is 0. The van der Waals surface area contributed by atoms with Crippen LogP contribution in [0.15, 0.2) is 0 Å². The van der Waals surface area contributed by atoms with Gasteiger partial charge in [-0.25, -0.2) is 12.7 Å². The molecule has 0 atom stereocenters. The van der Waals surface area contributed by atoms with E-state index in [2.05, 4.69) is 0 Å². The molecule has 5 heteroatoms. The summed E-state index contributed by atoms with van der Waals surface area (Å²) < 4.78 is 24.2. The molecule has 0 saturated carbocycles. The highest BCUT2D eigenvalue weighted by Gasteiger charge is 2.17. The largest absolute Gasteiger partial charge is 0.396 e. The third-order valence-electron chi connectivity index (χ3n) is 1.66. The van der Waals surface area contributed by atoms with Crippen LogP contribution in [0, 0.1) is 5.92 Å². The van der Waals surface area contributed by atoms with Gasteiger partial charge in [0.15, 0.2) is 0 Å². The molecule has 0 saturated heterocycles. The van der Waals surface area contributed by atoms with Crippen LogP contribution in [0.1, 0.15) is 20.3 Å². The minimum absolute atomic E-state index is 0.0344. The summed E-state index contributed by atoms with van der Waals surface area (Å²) in [7, 11) is -1.57. The topological polar surface area (TPSA) is 57.6 Å². The fraction of sp³-hybridized carbons (Fsp3) is 1.00. The number of hydrogen-bond donors (Lipinski definition) is 1. The van der Waals surface area contributed by atoms with Gasteiger partial charge in [-0.2, -0.15) is 0 Å². The molecule has 0 aliphatic rings. The van der Waals surface area contributed by atoms with Gasteiger partial charge >= 0.3 is 0 Å². The van der Waals surface area contributed by atoms with E-state index in [0.29, 0.717) is 18.9 Å². The van der Waals surface area contributed by atoms with Gasteiger partial charge in [0.05, 0.1) is 5.75 Å². The molecule has 0 aromatic heterocycles. The number of rotatable bonds is 6. The van der Waals surface area contributed by atoms with E-state index >= 15 is 0 Å². The molecule has 0 fully saturated rings. The van der Waals surface area contributed by atoms with Gasteiger partial charge in [-0.05, 0) is 12.3 Å². The van der Waals surface area contributed by atoms with Crippen LogP contribution in [0.2, 0.25) is 0 Å². The van der Waals surface area contributed by atoms with Crippen LogP contribution in [0.5, 0.6) is 0 Å². The summed E-state index contributed by atoms with van der Waals surface area (Å²) >= 11 is 0. The lowest BCUT2D eigenvalue weighted by molar-refractivity contribution is 0.294. The molecule has 80 valence electrons. The van der Waals surface area contributed by atoms with Gasteiger partial charge in [-0.15, -0.1) is 0 Å². The Bertz CT molecular complexity index is 224. The first-order valence-electron chi connectivity index (χ1n) is 4.45. The zero-order valence-electron chi connectivity index (χ0n) is 8.52. The van der Waals surface area contributed by atoms with Crippen molar-refractivity contribution in [1.82, 2.24) is 4.31 Å². The van der Waals surface area contributed by atoms with Crippen molar-refractivity contribution in [2.75, 3.05) is 26.0 Å². The zero-order chi connectivity index (χ0) is 10.5. The number of nitrogens with zero attached hydrogens (tertiary/aromatic N) is 1. The standard InChI is InChI=1S/C8H19NO3S/c1-8(2)7-9(3)13(11,12)6-4-5-10/h8,10H,4-7H2,1-3H3. The average Bonchev–Trinajstić information content (AvgIpc) is 1.99. The third-order valence-corrected chi connectivity index (χ3v) is 3.56. The molecule has 0 aliphatic carbocycles. The Kier molecular flexibility index (Phi) is 5.51. The molecule has 1 N–H and O–H groups in total. The smallest absolute Gasteiger partial charge is 0.213 e. The van der Waals surface area contributed by atoms with Crippen LogP contribution < -0.4 is 0 Å². The van der Waals surface area contributed by atoms with Crippen LogP contribution in [-0.2, 0) is 10.0 Å². The Morgan fingerprint density at radius 1 is 1.38 bits per heavy atom. The average molecular weight is 209 g/mol. The van der Waals surface area contributed by atoms with Crippen molar-refractivity contribution in [3.05, 3.63) is 0 Å². The van der Waals surface area contributed by atoms with Crippen molar-refractivity contribution in [3.8, 4) is 0 Å². The molecule has 13 heavy (non-hydrogen) atoms. The van der Waals surface area contributed by atoms with E-state index in [1.54, 1.807) is 7.05 Å². The molecule has 0 radical (unpaired) electrons. The lowest BCUT2D eigenvalue weighted by Crippen LogP contribution is -2.32. The van der Waals surface area contributed by atoms with Crippen LogP contribution in [-0.4, -0.2) is 43.8 Å². The summed E-state index contributed by atoms with van der Waals surface area (Å²) in [5, 5.41) is 8.51. The second-order valence-electron chi connectivity index (χ2n) is 3.57. The van der Waals surface area contributed by atoms with Crippen molar-refractivity contribution in [2.24, 2.45) is 5.92 Å². The van der Waals surface area contributed by atoms with Gasteiger partial charge in [0.1, 0.15) is 0 Å². The van der Waals surface area contributed by atoms with Crippen LogP contribution in [0.3, 0.4) is 0 Å². The highest BCUT2D eigenvalue weighted by molar-refractivity contribution is 7.89. The molecule has 0 heterocycles. The van der Waals surface area contributed by atoms with Crippen molar-refractivity contribution in [2.45, 2.75) is 20.3 Å². The number of aliphatic hydroxyl groups excluding tert-OH is 1. The van der Waals surface area contributed by atoms with Crippen molar-refractivity contribution >= 4 is 10.0 Å². The van der Waals surface area contributed by atoms with Gasteiger partial charge in [-0.3, -0.25) is 0 Å². The van der Waals surface area contributed by atoms with Gasteiger partial charge in [-0.1, -0.05) is 13.8 Å². The van der Waals surface area contributed by atoms with E-state index in [9.17, 15) is 8.42 Å². The van der Waals surface area contributed by atoms with Gasteiger partial charge in [0, 0.05) is 20.2 Å². The predicted molar refractivity (Wildman–Crippen MR) is 53.0 cm³/mol. The third kappa shape index (κ3) is 5.23. The summed E-state index contributed by atoms with van der Waals surface area (Å²) in [5.74, 6) is 0.362. The Hall–Kier alpha value is -0.130. The summed E-state index contributed by atoms with van der Waals surface area (Å²) in [6.07, 6.45) is 0.310. The number of aliphatic hydroxyl groups is 1. The maximum Gasteiger partial charge on any atom is 0.213 e. The Labute approximate surface area is 80.6 Å². The quantitative estimate of drug-likeness (QED) is 0.684. The second-order valence-corrected chi connectivity index (χ2v) is 5.76. The first kappa shape index (κ1) is 12.9. The first-order valence-corrected chi connectivity index (χ1v) is 6.06. The minimum Gasteiger partial charge on any atom is -0.396 e. The summed E-state index contributed by atoms with van der Waals surface area (Å²) in [5.41, 5.74) is 0. The van der Waals surface area contributed by atoms with Crippen LogP contribution in [0.25, 0.3) is 0 Å². The molecule has 0 bridgehead atoms. The first-order chi connectivity index (χ1) is 5.90. The fourth-order valence-electron chi connectivity index (χ4n) is 1.03. The maximum atomic E-state index is 11.4. The van der Waals surface area contributed by atoms with Crippen molar-refractivity contribution < 1.29 is 13.5 Å². The van der Waals surface area contributed by atoms with Crippen molar-refractivity contribution in [1.29, 1.82) is 0 Å². The fourth-order valence-corrected chi connectivity index (χ4v) is 2.36.